The molecular weight excluding hydrogens is 200 g/mol. The molecule has 16 heavy (non-hydrogen) atoms. The monoisotopic (exact) mass is 224 g/mol. The third-order valence-corrected chi connectivity index (χ3v) is 4.65. The van der Waals surface area contributed by atoms with Crippen molar-refractivity contribution in [2.75, 3.05) is 0 Å². The number of rotatable bonds is 4. The van der Waals surface area contributed by atoms with E-state index in [9.17, 15) is 4.79 Å². The van der Waals surface area contributed by atoms with E-state index in [1.807, 2.05) is 0 Å². The molecule has 0 bridgehead atoms. The third kappa shape index (κ3) is 2.57. The van der Waals surface area contributed by atoms with Crippen molar-refractivity contribution < 1.29 is 4.79 Å². The van der Waals surface area contributed by atoms with Crippen molar-refractivity contribution in [3.63, 3.8) is 0 Å². The van der Waals surface area contributed by atoms with E-state index >= 15 is 0 Å². The molecule has 3 unspecified atom stereocenters. The van der Waals surface area contributed by atoms with Crippen LogP contribution in [0.5, 0.6) is 0 Å². The van der Waals surface area contributed by atoms with E-state index < -0.39 is 0 Å². The first-order valence-electron chi connectivity index (χ1n) is 6.56. The normalized spacial score (nSPS) is 34.4. The van der Waals surface area contributed by atoms with Crippen LogP contribution in [0.2, 0.25) is 0 Å². The molecule has 2 aliphatic carbocycles. The first-order chi connectivity index (χ1) is 7.51. The van der Waals surface area contributed by atoms with Crippen LogP contribution in [-0.4, -0.2) is 18.0 Å². The topological polar surface area (TPSA) is 55.1 Å². The first kappa shape index (κ1) is 11.9. The number of nitrogens with one attached hydrogen (secondary N) is 1. The maximum Gasteiger partial charge on any atom is 0.220 e. The molecule has 2 saturated carbocycles. The van der Waals surface area contributed by atoms with E-state index in [-0.39, 0.29) is 11.8 Å². The zero-order valence-corrected chi connectivity index (χ0v) is 10.5. The summed E-state index contributed by atoms with van der Waals surface area (Å²) in [6.07, 6.45) is 6.94. The molecule has 0 aromatic carbocycles. The summed E-state index contributed by atoms with van der Waals surface area (Å²) in [5, 5.41) is 3.70. The second kappa shape index (κ2) is 4.36. The first-order valence-corrected chi connectivity index (χ1v) is 6.56. The highest BCUT2D eigenvalue weighted by Crippen LogP contribution is 2.48. The van der Waals surface area contributed by atoms with Gasteiger partial charge in [0.25, 0.3) is 0 Å². The van der Waals surface area contributed by atoms with Gasteiger partial charge in [-0.15, -0.1) is 0 Å². The van der Waals surface area contributed by atoms with Crippen LogP contribution in [0.1, 0.15) is 52.4 Å². The van der Waals surface area contributed by atoms with E-state index in [2.05, 4.69) is 19.2 Å². The largest absolute Gasteiger partial charge is 0.369 e. The van der Waals surface area contributed by atoms with Crippen molar-refractivity contribution in [2.45, 2.75) is 64.5 Å². The smallest absolute Gasteiger partial charge is 0.220 e. The Morgan fingerprint density at radius 2 is 2.12 bits per heavy atom. The molecule has 0 aliphatic heterocycles. The Labute approximate surface area is 98.2 Å². The summed E-state index contributed by atoms with van der Waals surface area (Å²) in [5.74, 6) is -0.0118. The molecular formula is C13H24N2O. The van der Waals surface area contributed by atoms with Gasteiger partial charge in [-0.25, -0.2) is 0 Å². The summed E-state index contributed by atoms with van der Waals surface area (Å²) >= 11 is 0. The third-order valence-electron chi connectivity index (χ3n) is 4.65. The van der Waals surface area contributed by atoms with Gasteiger partial charge in [0.2, 0.25) is 5.91 Å². The van der Waals surface area contributed by atoms with Crippen LogP contribution in [0, 0.1) is 11.3 Å². The van der Waals surface area contributed by atoms with Crippen LogP contribution in [0.3, 0.4) is 0 Å². The van der Waals surface area contributed by atoms with Crippen LogP contribution in [0.4, 0.5) is 0 Å². The Morgan fingerprint density at radius 3 is 2.69 bits per heavy atom. The number of amides is 1. The molecule has 3 heteroatoms. The minimum atomic E-state index is -0.114. The zero-order valence-electron chi connectivity index (χ0n) is 10.5. The fraction of sp³-hybridized carbons (Fsp3) is 0.923. The van der Waals surface area contributed by atoms with Gasteiger partial charge in [-0.2, -0.15) is 0 Å². The van der Waals surface area contributed by atoms with E-state index in [0.29, 0.717) is 17.5 Å². The molecule has 0 radical (unpaired) electrons. The fourth-order valence-corrected chi connectivity index (χ4v) is 2.78. The highest BCUT2D eigenvalue weighted by Gasteiger charge is 2.43. The Bertz CT molecular complexity index is 273. The van der Waals surface area contributed by atoms with Crippen molar-refractivity contribution in [3.8, 4) is 0 Å². The van der Waals surface area contributed by atoms with Crippen molar-refractivity contribution >= 4 is 5.91 Å². The standard InChI is InChI=1S/C13H24N2O/c1-9(13(2)6-7-13)15-11-5-3-4-10(8-11)12(14)16/h9-11,15H,3-8H2,1-2H3,(H2,14,16). The van der Waals surface area contributed by atoms with Gasteiger partial charge in [-0.1, -0.05) is 13.3 Å². The molecule has 3 N–H and O–H groups in total. The van der Waals surface area contributed by atoms with Gasteiger partial charge in [0, 0.05) is 18.0 Å². The minimum Gasteiger partial charge on any atom is -0.369 e. The van der Waals surface area contributed by atoms with Crippen molar-refractivity contribution in [2.24, 2.45) is 17.1 Å². The number of carbonyl (C=O) groups excluding carboxylic acids is 1. The Balaban J connectivity index is 1.83. The number of hydrogen-bond donors (Lipinski definition) is 2. The van der Waals surface area contributed by atoms with Crippen molar-refractivity contribution in [1.82, 2.24) is 5.32 Å². The maximum atomic E-state index is 11.2. The second-order valence-corrected chi connectivity index (χ2v) is 6.01. The van der Waals surface area contributed by atoms with E-state index in [4.69, 9.17) is 5.73 Å². The summed E-state index contributed by atoms with van der Waals surface area (Å²) in [4.78, 5) is 11.2. The Morgan fingerprint density at radius 1 is 1.44 bits per heavy atom. The number of nitrogens with two attached hydrogens (primary N) is 1. The van der Waals surface area contributed by atoms with Gasteiger partial charge in [0.05, 0.1) is 0 Å². The lowest BCUT2D eigenvalue weighted by atomic mass is 9.84. The predicted octanol–water partition coefficient (Wildman–Crippen LogP) is 1.81. The lowest BCUT2D eigenvalue weighted by Crippen LogP contribution is -2.45. The summed E-state index contributed by atoms with van der Waals surface area (Å²) in [6, 6.07) is 1.07. The van der Waals surface area contributed by atoms with Gasteiger partial charge in [-0.3, -0.25) is 4.79 Å². The van der Waals surface area contributed by atoms with Crippen LogP contribution >= 0.6 is 0 Å². The van der Waals surface area contributed by atoms with Crippen LogP contribution in [0.25, 0.3) is 0 Å². The zero-order chi connectivity index (χ0) is 11.8. The molecule has 3 nitrogen and oxygen atoms in total. The van der Waals surface area contributed by atoms with Gasteiger partial charge in [0.1, 0.15) is 0 Å². The molecule has 0 aromatic rings. The lowest BCUT2D eigenvalue weighted by molar-refractivity contribution is -0.123. The molecule has 3 atom stereocenters. The molecule has 0 spiro atoms. The van der Waals surface area contributed by atoms with E-state index in [0.717, 1.165) is 19.3 Å². The minimum absolute atomic E-state index is 0.102. The molecule has 92 valence electrons. The highest BCUT2D eigenvalue weighted by molar-refractivity contribution is 5.76. The summed E-state index contributed by atoms with van der Waals surface area (Å²) in [7, 11) is 0. The Hall–Kier alpha value is -0.570. The molecule has 0 heterocycles. The van der Waals surface area contributed by atoms with Crippen molar-refractivity contribution in [3.05, 3.63) is 0 Å². The Kier molecular flexibility index (Phi) is 3.24. The second-order valence-electron chi connectivity index (χ2n) is 6.01. The van der Waals surface area contributed by atoms with Crippen LogP contribution in [0.15, 0.2) is 0 Å². The molecule has 2 aliphatic rings. The van der Waals surface area contributed by atoms with Crippen LogP contribution < -0.4 is 11.1 Å². The molecule has 2 fully saturated rings. The van der Waals surface area contributed by atoms with Gasteiger partial charge in [0.15, 0.2) is 0 Å². The maximum absolute atomic E-state index is 11.2. The molecule has 2 rings (SSSR count). The summed E-state index contributed by atoms with van der Waals surface area (Å²) in [5.41, 5.74) is 5.91. The summed E-state index contributed by atoms with van der Waals surface area (Å²) < 4.78 is 0. The van der Waals surface area contributed by atoms with Crippen LogP contribution in [-0.2, 0) is 4.79 Å². The summed E-state index contributed by atoms with van der Waals surface area (Å²) in [6.45, 7) is 4.62. The highest BCUT2D eigenvalue weighted by atomic mass is 16.1. The van der Waals surface area contributed by atoms with E-state index in [1.54, 1.807) is 0 Å². The molecule has 0 aromatic heterocycles. The van der Waals surface area contributed by atoms with E-state index in [1.165, 1.54) is 19.3 Å². The average Bonchev–Trinajstić information content (AvgIpc) is 2.98. The lowest BCUT2D eigenvalue weighted by Gasteiger charge is -2.32. The molecule has 1 amide bonds. The van der Waals surface area contributed by atoms with Crippen molar-refractivity contribution in [1.29, 1.82) is 0 Å². The fourth-order valence-electron chi connectivity index (χ4n) is 2.78. The average molecular weight is 224 g/mol. The predicted molar refractivity (Wildman–Crippen MR) is 64.9 cm³/mol. The van der Waals surface area contributed by atoms with Gasteiger partial charge >= 0.3 is 0 Å². The quantitative estimate of drug-likeness (QED) is 0.765. The van der Waals surface area contributed by atoms with Gasteiger partial charge in [-0.05, 0) is 44.4 Å². The molecule has 0 saturated heterocycles. The number of carbonyl (C=O) groups is 1. The number of primary amides is 1. The number of hydrogen-bond acceptors (Lipinski definition) is 2. The van der Waals surface area contributed by atoms with Gasteiger partial charge < -0.3 is 11.1 Å². The SMILES string of the molecule is CC(NC1CCCC(C(N)=O)C1)C1(C)CC1.